The molecule has 0 radical (unpaired) electrons. The molecule has 200 valence electrons. The van der Waals surface area contributed by atoms with Crippen LogP contribution in [0.3, 0.4) is 0 Å². The van der Waals surface area contributed by atoms with Crippen LogP contribution in [0.5, 0.6) is 11.5 Å². The van der Waals surface area contributed by atoms with Crippen LogP contribution in [0, 0.1) is 5.92 Å². The van der Waals surface area contributed by atoms with Gasteiger partial charge in [-0.1, -0.05) is 19.1 Å². The summed E-state index contributed by atoms with van der Waals surface area (Å²) in [5.41, 5.74) is 2.48. The molecule has 3 aromatic carbocycles. The summed E-state index contributed by atoms with van der Waals surface area (Å²) in [5.74, 6) is 1.40. The highest BCUT2D eigenvalue weighted by atomic mass is 32.2. The maximum absolute atomic E-state index is 13.6. The predicted octanol–water partition coefficient (Wildman–Crippen LogP) is 3.88. The number of carbonyl (C=O) groups excluding carboxylic acids is 1. The van der Waals surface area contributed by atoms with Crippen LogP contribution in [0.2, 0.25) is 0 Å². The molecule has 1 aliphatic rings. The summed E-state index contributed by atoms with van der Waals surface area (Å²) in [6.45, 7) is 3.41. The summed E-state index contributed by atoms with van der Waals surface area (Å²) in [6.07, 6.45) is 3.64. The van der Waals surface area contributed by atoms with Gasteiger partial charge in [-0.25, -0.2) is 13.4 Å². The molecular formula is C28H32N4O5S. The normalized spacial score (nSPS) is 15.6. The average molecular weight is 537 g/mol. The number of likely N-dealkylation sites (tertiary alicyclic amines) is 1. The number of benzene rings is 3. The molecule has 0 spiro atoms. The third kappa shape index (κ3) is 5.32. The lowest BCUT2D eigenvalue weighted by Crippen LogP contribution is -2.51. The van der Waals surface area contributed by atoms with Crippen molar-refractivity contribution >= 4 is 37.7 Å². The Balaban J connectivity index is 1.46. The number of sulfonamides is 1. The Labute approximate surface area is 222 Å². The van der Waals surface area contributed by atoms with Crippen molar-refractivity contribution in [3.63, 3.8) is 0 Å². The second-order valence-electron chi connectivity index (χ2n) is 9.86. The molecule has 1 aromatic heterocycles. The van der Waals surface area contributed by atoms with Gasteiger partial charge < -0.3 is 19.4 Å². The number of nitrogens with one attached hydrogen (secondary N) is 2. The summed E-state index contributed by atoms with van der Waals surface area (Å²) in [5, 5.41) is 1.49. The smallest absolute Gasteiger partial charge is 0.241 e. The van der Waals surface area contributed by atoms with Crippen LogP contribution in [-0.4, -0.2) is 62.5 Å². The highest BCUT2D eigenvalue weighted by Gasteiger charge is 2.31. The maximum atomic E-state index is 13.6. The monoisotopic (exact) mass is 536 g/mol. The van der Waals surface area contributed by atoms with Crippen LogP contribution >= 0.6 is 0 Å². The van der Waals surface area contributed by atoms with E-state index in [9.17, 15) is 13.2 Å². The lowest BCUT2D eigenvalue weighted by Gasteiger charge is -2.33. The molecule has 5 rings (SSSR count). The number of methoxy groups -OCH3 is 2. The van der Waals surface area contributed by atoms with E-state index < -0.39 is 16.1 Å². The van der Waals surface area contributed by atoms with E-state index in [1.807, 2.05) is 18.2 Å². The number of nitrogens with zero attached hydrogens (tertiary/aromatic N) is 2. The highest BCUT2D eigenvalue weighted by Crippen LogP contribution is 2.33. The molecule has 0 saturated carbocycles. The lowest BCUT2D eigenvalue weighted by atomic mass is 9.98. The summed E-state index contributed by atoms with van der Waals surface area (Å²) < 4.78 is 40.7. The number of aromatic nitrogens is 2. The van der Waals surface area contributed by atoms with E-state index in [1.165, 1.54) is 13.2 Å². The van der Waals surface area contributed by atoms with E-state index in [0.717, 1.165) is 34.8 Å². The Morgan fingerprint density at radius 1 is 1.05 bits per heavy atom. The first-order valence-corrected chi connectivity index (χ1v) is 14.1. The number of aromatic amines is 1. The molecule has 1 fully saturated rings. The average Bonchev–Trinajstić information content (AvgIpc) is 3.39. The molecule has 2 N–H and O–H groups in total. The Hall–Kier alpha value is -3.63. The van der Waals surface area contributed by atoms with Crippen LogP contribution in [0.4, 0.5) is 0 Å². The molecule has 1 saturated heterocycles. The standard InChI is InChI=1S/C28H32N4O5S/c1-18-8-10-32(11-9-18)28(33)25(13-19-4-7-23-24(12-19)30-17-29-23)31-38(34,35)22-6-5-20-15-26(36-2)27(37-3)16-21(20)14-22/h4-7,12,14-18,25,31H,8-11,13H2,1-3H3,(H,29,30). The summed E-state index contributed by atoms with van der Waals surface area (Å²) in [6, 6.07) is 13.1. The van der Waals surface area contributed by atoms with Gasteiger partial charge in [0.05, 0.1) is 36.5 Å². The van der Waals surface area contributed by atoms with Gasteiger partial charge >= 0.3 is 0 Å². The van der Waals surface area contributed by atoms with Gasteiger partial charge in [0.25, 0.3) is 0 Å². The van der Waals surface area contributed by atoms with Crippen molar-refractivity contribution < 1.29 is 22.7 Å². The molecular weight excluding hydrogens is 504 g/mol. The number of rotatable bonds is 8. The van der Waals surface area contributed by atoms with Crippen LogP contribution in [0.1, 0.15) is 25.3 Å². The zero-order chi connectivity index (χ0) is 26.9. The van der Waals surface area contributed by atoms with E-state index in [2.05, 4.69) is 21.6 Å². The van der Waals surface area contributed by atoms with Gasteiger partial charge in [-0.2, -0.15) is 4.72 Å². The topological polar surface area (TPSA) is 114 Å². The molecule has 1 unspecified atom stereocenters. The summed E-state index contributed by atoms with van der Waals surface area (Å²) >= 11 is 0. The fourth-order valence-corrected chi connectivity index (χ4v) is 6.17. The molecule has 2 heterocycles. The molecule has 1 atom stereocenters. The minimum atomic E-state index is -4.02. The minimum absolute atomic E-state index is 0.0753. The molecule has 4 aromatic rings. The van der Waals surface area contributed by atoms with E-state index in [-0.39, 0.29) is 17.2 Å². The molecule has 38 heavy (non-hydrogen) atoms. The largest absolute Gasteiger partial charge is 0.493 e. The Morgan fingerprint density at radius 2 is 1.76 bits per heavy atom. The number of ether oxygens (including phenoxy) is 2. The van der Waals surface area contributed by atoms with Gasteiger partial charge in [0.15, 0.2) is 11.5 Å². The first-order chi connectivity index (χ1) is 18.3. The second kappa shape index (κ2) is 10.6. The van der Waals surface area contributed by atoms with Gasteiger partial charge in [-0.15, -0.1) is 0 Å². The van der Waals surface area contributed by atoms with Crippen molar-refractivity contribution in [1.82, 2.24) is 19.6 Å². The van der Waals surface area contributed by atoms with Gasteiger partial charge in [-0.05, 0) is 77.9 Å². The van der Waals surface area contributed by atoms with Crippen LogP contribution in [-0.2, 0) is 21.2 Å². The number of imidazole rings is 1. The van der Waals surface area contributed by atoms with Crippen molar-refractivity contribution in [2.24, 2.45) is 5.92 Å². The van der Waals surface area contributed by atoms with Crippen molar-refractivity contribution in [2.75, 3.05) is 27.3 Å². The Bertz CT molecular complexity index is 1570. The van der Waals surface area contributed by atoms with E-state index >= 15 is 0 Å². The Kier molecular flexibility index (Phi) is 7.27. The van der Waals surface area contributed by atoms with Gasteiger partial charge in [0.1, 0.15) is 6.04 Å². The van der Waals surface area contributed by atoms with Crippen LogP contribution in [0.15, 0.2) is 59.8 Å². The Morgan fingerprint density at radius 3 is 2.47 bits per heavy atom. The number of carbonyl (C=O) groups is 1. The maximum Gasteiger partial charge on any atom is 0.241 e. The van der Waals surface area contributed by atoms with Crippen LogP contribution < -0.4 is 14.2 Å². The number of hydrogen-bond donors (Lipinski definition) is 2. The quantitative estimate of drug-likeness (QED) is 0.353. The number of fused-ring (bicyclic) bond motifs is 2. The van der Waals surface area contributed by atoms with Crippen molar-refractivity contribution in [3.8, 4) is 11.5 Å². The number of hydrogen-bond acceptors (Lipinski definition) is 6. The molecule has 9 nitrogen and oxygen atoms in total. The first kappa shape index (κ1) is 26.0. The fourth-order valence-electron chi connectivity index (χ4n) is 4.95. The number of piperidine rings is 1. The SMILES string of the molecule is COc1cc2ccc(S(=O)(=O)NC(Cc3ccc4nc[nH]c4c3)C(=O)N3CCC(C)CC3)cc2cc1OC. The fraction of sp³-hybridized carbons (Fsp3) is 0.357. The minimum Gasteiger partial charge on any atom is -0.493 e. The zero-order valence-corrected chi connectivity index (χ0v) is 22.5. The van der Waals surface area contributed by atoms with E-state index in [4.69, 9.17) is 9.47 Å². The van der Waals surface area contributed by atoms with E-state index in [0.29, 0.717) is 35.9 Å². The molecule has 0 bridgehead atoms. The molecule has 1 aliphatic heterocycles. The van der Waals surface area contributed by atoms with Crippen molar-refractivity contribution in [1.29, 1.82) is 0 Å². The van der Waals surface area contributed by atoms with Crippen molar-refractivity contribution in [3.05, 3.63) is 60.4 Å². The molecule has 0 aliphatic carbocycles. The van der Waals surface area contributed by atoms with Crippen LogP contribution in [0.25, 0.3) is 21.8 Å². The number of H-pyrrole nitrogens is 1. The lowest BCUT2D eigenvalue weighted by molar-refractivity contribution is -0.134. The third-order valence-corrected chi connectivity index (χ3v) is 8.71. The second-order valence-corrected chi connectivity index (χ2v) is 11.6. The third-order valence-electron chi connectivity index (χ3n) is 7.24. The predicted molar refractivity (Wildman–Crippen MR) is 146 cm³/mol. The van der Waals surface area contributed by atoms with Gasteiger partial charge in [0.2, 0.25) is 15.9 Å². The zero-order valence-electron chi connectivity index (χ0n) is 21.7. The molecule has 1 amide bonds. The van der Waals surface area contributed by atoms with Gasteiger partial charge in [-0.3, -0.25) is 4.79 Å². The first-order valence-electron chi connectivity index (χ1n) is 12.7. The number of amides is 1. The van der Waals surface area contributed by atoms with Crippen molar-refractivity contribution in [2.45, 2.75) is 37.1 Å². The highest BCUT2D eigenvalue weighted by molar-refractivity contribution is 7.89. The summed E-state index contributed by atoms with van der Waals surface area (Å²) in [7, 11) is -0.938. The van der Waals surface area contributed by atoms with Gasteiger partial charge in [0, 0.05) is 13.1 Å². The molecule has 10 heteroatoms. The van der Waals surface area contributed by atoms with E-state index in [1.54, 1.807) is 42.6 Å². The summed E-state index contributed by atoms with van der Waals surface area (Å²) in [4.78, 5) is 22.8.